The largest absolute Gasteiger partial charge is 0.477 e. The number of anilines is 1. The Morgan fingerprint density at radius 2 is 2.21 bits per heavy atom. The molecular formula is C13H12FNO2S2. The zero-order chi connectivity index (χ0) is 14.0. The van der Waals surface area contributed by atoms with E-state index in [9.17, 15) is 9.18 Å². The minimum atomic E-state index is -0.911. The number of thioether (sulfide) groups is 1. The fourth-order valence-electron chi connectivity index (χ4n) is 1.57. The number of nitrogen functional groups attached to an aromatic ring is 1. The number of hydrogen-bond acceptors (Lipinski definition) is 4. The lowest BCUT2D eigenvalue weighted by Gasteiger charge is -2.05. The number of thiophene rings is 1. The van der Waals surface area contributed by atoms with Crippen molar-refractivity contribution in [2.45, 2.75) is 17.6 Å². The highest BCUT2D eigenvalue weighted by Gasteiger charge is 2.11. The van der Waals surface area contributed by atoms with Crippen molar-refractivity contribution in [3.05, 3.63) is 45.4 Å². The van der Waals surface area contributed by atoms with Crippen LogP contribution in [0.4, 0.5) is 10.1 Å². The maximum Gasteiger partial charge on any atom is 0.345 e. The van der Waals surface area contributed by atoms with Crippen LogP contribution in [-0.2, 0) is 5.75 Å². The van der Waals surface area contributed by atoms with Gasteiger partial charge < -0.3 is 10.8 Å². The van der Waals surface area contributed by atoms with Crippen molar-refractivity contribution in [2.24, 2.45) is 0 Å². The number of carbonyl (C=O) groups is 1. The number of nitrogens with two attached hydrogens (primary N) is 1. The monoisotopic (exact) mass is 297 g/mol. The summed E-state index contributed by atoms with van der Waals surface area (Å²) < 4.78 is 12.9. The quantitative estimate of drug-likeness (QED) is 0.666. The molecule has 2 aromatic rings. The molecule has 0 aliphatic carbocycles. The van der Waals surface area contributed by atoms with E-state index in [0.717, 1.165) is 15.3 Å². The van der Waals surface area contributed by atoms with Crippen LogP contribution in [0.5, 0.6) is 0 Å². The van der Waals surface area contributed by atoms with Crippen molar-refractivity contribution in [1.29, 1.82) is 0 Å². The number of carboxylic acids is 1. The summed E-state index contributed by atoms with van der Waals surface area (Å²) in [5.41, 5.74) is 7.09. The van der Waals surface area contributed by atoms with Gasteiger partial charge in [0.2, 0.25) is 0 Å². The minimum Gasteiger partial charge on any atom is -0.477 e. The van der Waals surface area contributed by atoms with Crippen molar-refractivity contribution in [1.82, 2.24) is 0 Å². The van der Waals surface area contributed by atoms with Crippen LogP contribution in [0, 0.1) is 12.7 Å². The third-order valence-electron chi connectivity index (χ3n) is 2.59. The molecule has 0 bridgehead atoms. The Bertz CT molecular complexity index is 625. The fourth-order valence-corrected chi connectivity index (χ4v) is 3.55. The first-order valence-corrected chi connectivity index (χ1v) is 7.28. The average Bonchev–Trinajstić information content (AvgIpc) is 2.70. The lowest BCUT2D eigenvalue weighted by atomic mass is 10.3. The summed E-state index contributed by atoms with van der Waals surface area (Å²) in [4.78, 5) is 13.0. The van der Waals surface area contributed by atoms with Crippen molar-refractivity contribution in [2.75, 3.05) is 5.73 Å². The van der Waals surface area contributed by atoms with Gasteiger partial charge in [-0.2, -0.15) is 0 Å². The van der Waals surface area contributed by atoms with Gasteiger partial charge in [0.1, 0.15) is 10.7 Å². The van der Waals surface area contributed by atoms with Crippen LogP contribution in [0.25, 0.3) is 0 Å². The first-order valence-electron chi connectivity index (χ1n) is 5.48. The highest BCUT2D eigenvalue weighted by molar-refractivity contribution is 7.98. The van der Waals surface area contributed by atoms with Crippen molar-refractivity contribution in [3.63, 3.8) is 0 Å². The molecule has 6 heteroatoms. The zero-order valence-corrected chi connectivity index (χ0v) is 11.8. The van der Waals surface area contributed by atoms with Gasteiger partial charge in [-0.1, -0.05) is 0 Å². The van der Waals surface area contributed by atoms with E-state index < -0.39 is 5.97 Å². The number of aryl methyl sites for hydroxylation is 1. The van der Waals surface area contributed by atoms with Gasteiger partial charge in [-0.15, -0.1) is 23.1 Å². The second kappa shape index (κ2) is 5.63. The summed E-state index contributed by atoms with van der Waals surface area (Å²) in [5, 5.41) is 8.92. The van der Waals surface area contributed by atoms with Crippen LogP contribution in [0.1, 0.15) is 20.1 Å². The standard InChI is InChI=1S/C13H12FNO2S2/c1-7-8(4-12(19-7)13(16)17)6-18-11-3-2-9(14)5-10(11)15/h2-5H,6,15H2,1H3,(H,16,17). The molecule has 0 saturated carbocycles. The zero-order valence-electron chi connectivity index (χ0n) is 10.1. The Balaban J connectivity index is 2.12. The highest BCUT2D eigenvalue weighted by Crippen LogP contribution is 2.32. The van der Waals surface area contributed by atoms with E-state index in [1.54, 1.807) is 12.1 Å². The van der Waals surface area contributed by atoms with Crippen LogP contribution >= 0.6 is 23.1 Å². The van der Waals surface area contributed by atoms with Gasteiger partial charge in [-0.25, -0.2) is 9.18 Å². The molecule has 1 heterocycles. The molecule has 1 aromatic carbocycles. The molecule has 1 aromatic heterocycles. The van der Waals surface area contributed by atoms with Crippen molar-refractivity contribution >= 4 is 34.8 Å². The molecule has 3 nitrogen and oxygen atoms in total. The number of rotatable bonds is 4. The maximum absolute atomic E-state index is 12.9. The second-order valence-electron chi connectivity index (χ2n) is 3.97. The average molecular weight is 297 g/mol. The number of aromatic carboxylic acids is 1. The molecule has 2 rings (SSSR count). The summed E-state index contributed by atoms with van der Waals surface area (Å²) in [7, 11) is 0. The molecule has 0 amide bonds. The molecule has 0 radical (unpaired) electrons. The Morgan fingerprint density at radius 3 is 2.79 bits per heavy atom. The Labute approximate surface area is 118 Å². The molecule has 0 spiro atoms. The van der Waals surface area contributed by atoms with E-state index in [1.165, 1.54) is 35.2 Å². The van der Waals surface area contributed by atoms with Gasteiger partial charge in [-0.3, -0.25) is 0 Å². The summed E-state index contributed by atoms with van der Waals surface area (Å²) in [6.07, 6.45) is 0. The van der Waals surface area contributed by atoms with Gasteiger partial charge >= 0.3 is 5.97 Å². The summed E-state index contributed by atoms with van der Waals surface area (Å²) in [6.45, 7) is 1.89. The Hall–Kier alpha value is -1.53. The van der Waals surface area contributed by atoms with Gasteiger partial charge in [-0.05, 0) is 36.8 Å². The first kappa shape index (κ1) is 13.9. The second-order valence-corrected chi connectivity index (χ2v) is 6.24. The fraction of sp³-hybridized carbons (Fsp3) is 0.154. The van der Waals surface area contributed by atoms with Crippen LogP contribution in [0.15, 0.2) is 29.2 Å². The normalized spacial score (nSPS) is 10.6. The molecule has 0 aliphatic rings. The maximum atomic E-state index is 12.9. The molecule has 100 valence electrons. The third-order valence-corrected chi connectivity index (χ3v) is 4.81. The summed E-state index contributed by atoms with van der Waals surface area (Å²) >= 11 is 2.73. The number of carboxylic acid groups (broad SMARTS) is 1. The highest BCUT2D eigenvalue weighted by atomic mass is 32.2. The molecule has 3 N–H and O–H groups in total. The van der Waals surface area contributed by atoms with Crippen LogP contribution in [0.2, 0.25) is 0 Å². The molecule has 0 atom stereocenters. The van der Waals surface area contributed by atoms with Gasteiger partial charge in [0, 0.05) is 21.2 Å². The van der Waals surface area contributed by atoms with E-state index >= 15 is 0 Å². The lowest BCUT2D eigenvalue weighted by Crippen LogP contribution is -1.91. The number of hydrogen-bond donors (Lipinski definition) is 2. The number of benzene rings is 1. The van der Waals surface area contributed by atoms with Gasteiger partial charge in [0.15, 0.2) is 0 Å². The molecular weight excluding hydrogens is 285 g/mol. The minimum absolute atomic E-state index is 0.333. The van der Waals surface area contributed by atoms with Gasteiger partial charge in [0.25, 0.3) is 0 Å². The van der Waals surface area contributed by atoms with Gasteiger partial charge in [0.05, 0.1) is 0 Å². The third kappa shape index (κ3) is 3.27. The summed E-state index contributed by atoms with van der Waals surface area (Å²) in [5.74, 6) is -0.654. The van der Waals surface area contributed by atoms with E-state index in [0.29, 0.717) is 16.3 Å². The Morgan fingerprint density at radius 1 is 1.47 bits per heavy atom. The predicted octanol–water partition coefficient (Wildman–Crippen LogP) is 3.77. The van der Waals surface area contributed by atoms with Crippen LogP contribution < -0.4 is 5.73 Å². The topological polar surface area (TPSA) is 63.3 Å². The van der Waals surface area contributed by atoms with E-state index in [-0.39, 0.29) is 5.82 Å². The van der Waals surface area contributed by atoms with E-state index in [2.05, 4.69) is 0 Å². The molecule has 0 unspecified atom stereocenters. The van der Waals surface area contributed by atoms with E-state index in [1.807, 2.05) is 6.92 Å². The predicted molar refractivity (Wildman–Crippen MR) is 76.4 cm³/mol. The van der Waals surface area contributed by atoms with Crippen molar-refractivity contribution < 1.29 is 14.3 Å². The Kier molecular flexibility index (Phi) is 4.11. The van der Waals surface area contributed by atoms with Crippen LogP contribution in [0.3, 0.4) is 0 Å². The molecule has 19 heavy (non-hydrogen) atoms. The summed E-state index contributed by atoms with van der Waals surface area (Å²) in [6, 6.07) is 5.96. The van der Waals surface area contributed by atoms with E-state index in [4.69, 9.17) is 10.8 Å². The molecule has 0 aliphatic heterocycles. The number of halogens is 1. The lowest BCUT2D eigenvalue weighted by molar-refractivity contribution is 0.0702. The molecule has 0 fully saturated rings. The molecule has 0 saturated heterocycles. The van der Waals surface area contributed by atoms with Crippen LogP contribution in [-0.4, -0.2) is 11.1 Å². The van der Waals surface area contributed by atoms with Crippen molar-refractivity contribution in [3.8, 4) is 0 Å². The SMILES string of the molecule is Cc1sc(C(=O)O)cc1CSc1ccc(F)cc1N. The first-order chi connectivity index (χ1) is 8.97. The smallest absolute Gasteiger partial charge is 0.345 e.